The molecule has 0 bridgehead atoms. The van der Waals surface area contributed by atoms with Crippen LogP contribution in [0.3, 0.4) is 0 Å². The van der Waals surface area contributed by atoms with Crippen LogP contribution in [-0.4, -0.2) is 63.9 Å². The smallest absolute Gasteiger partial charge is 0.329 e. The van der Waals surface area contributed by atoms with Gasteiger partial charge in [-0.1, -0.05) is 30.3 Å². The molecule has 1 rings (SSSR count). The number of carbonyl (C=O) groups is 1. The van der Waals surface area contributed by atoms with Crippen LogP contribution in [-0.2, 0) is 30.3 Å². The normalized spacial score (nSPS) is 10.7. The Labute approximate surface area is 136 Å². The second-order valence-electron chi connectivity index (χ2n) is 4.59. The Bertz CT molecular complexity index is 401. The summed E-state index contributed by atoms with van der Waals surface area (Å²) in [5, 5.41) is 8.49. The largest absolute Gasteiger partial charge is 0.394 e. The molecule has 0 saturated heterocycles. The number of ether oxygens (including phenoxy) is 3. The number of carbonyl (C=O) groups excluding carboxylic acids is 1. The summed E-state index contributed by atoms with van der Waals surface area (Å²) in [7, 11) is 0. The van der Waals surface area contributed by atoms with E-state index < -0.39 is 0 Å². The molecular formula is C16H25NO6. The van der Waals surface area contributed by atoms with Crippen LogP contribution in [0.4, 0.5) is 0 Å². The molecule has 7 heteroatoms. The molecule has 23 heavy (non-hydrogen) atoms. The molecule has 0 atom stereocenters. The first-order valence-corrected chi connectivity index (χ1v) is 7.63. The third-order valence-electron chi connectivity index (χ3n) is 2.71. The van der Waals surface area contributed by atoms with Gasteiger partial charge in [0.1, 0.15) is 0 Å². The lowest BCUT2D eigenvalue weighted by molar-refractivity contribution is -0.150. The van der Waals surface area contributed by atoms with Gasteiger partial charge in [0.2, 0.25) is 0 Å². The fourth-order valence-corrected chi connectivity index (χ4v) is 1.65. The molecule has 0 radical (unpaired) electrons. The zero-order chi connectivity index (χ0) is 16.6. The van der Waals surface area contributed by atoms with Gasteiger partial charge in [-0.15, -0.1) is 0 Å². The van der Waals surface area contributed by atoms with Crippen molar-refractivity contribution in [3.8, 4) is 0 Å². The Morgan fingerprint density at radius 3 is 2.17 bits per heavy atom. The third-order valence-corrected chi connectivity index (χ3v) is 2.71. The quantitative estimate of drug-likeness (QED) is 0.376. The molecular weight excluding hydrogens is 302 g/mol. The molecule has 0 amide bonds. The van der Waals surface area contributed by atoms with Crippen LogP contribution < -0.4 is 5.48 Å². The number of benzene rings is 1. The van der Waals surface area contributed by atoms with Crippen LogP contribution in [0.5, 0.6) is 0 Å². The number of nitrogens with one attached hydrogen (secondary N) is 1. The first-order valence-electron chi connectivity index (χ1n) is 7.63. The summed E-state index contributed by atoms with van der Waals surface area (Å²) in [6, 6.07) is 9.41. The first-order chi connectivity index (χ1) is 11.3. The zero-order valence-electron chi connectivity index (χ0n) is 13.2. The fraction of sp³-hybridized carbons (Fsp3) is 0.562. The van der Waals surface area contributed by atoms with E-state index in [1.807, 2.05) is 30.3 Å². The first kappa shape index (κ1) is 19.5. The van der Waals surface area contributed by atoms with Gasteiger partial charge in [0, 0.05) is 0 Å². The van der Waals surface area contributed by atoms with Gasteiger partial charge in [0.05, 0.1) is 59.2 Å². The second-order valence-corrected chi connectivity index (χ2v) is 4.59. The van der Waals surface area contributed by atoms with Crippen LogP contribution in [0, 0.1) is 0 Å². The predicted octanol–water partition coefficient (Wildman–Crippen LogP) is 0.319. The molecule has 0 aliphatic carbocycles. The lowest BCUT2D eigenvalue weighted by Crippen LogP contribution is -2.25. The molecule has 0 aliphatic heterocycles. The molecule has 130 valence electrons. The molecule has 1 aromatic rings. The van der Waals surface area contributed by atoms with Crippen LogP contribution in [0.25, 0.3) is 0 Å². The highest BCUT2D eigenvalue weighted by atomic mass is 16.7. The van der Waals surface area contributed by atoms with Crippen molar-refractivity contribution >= 4 is 5.97 Å². The summed E-state index contributed by atoms with van der Waals surface area (Å²) in [6.07, 6.45) is 0.237. The van der Waals surface area contributed by atoms with Gasteiger partial charge in [0.25, 0.3) is 0 Å². The average Bonchev–Trinajstić information content (AvgIpc) is 2.57. The monoisotopic (exact) mass is 327 g/mol. The Morgan fingerprint density at radius 2 is 1.52 bits per heavy atom. The fourth-order valence-electron chi connectivity index (χ4n) is 1.65. The minimum atomic E-state index is -0.331. The highest BCUT2D eigenvalue weighted by Crippen LogP contribution is 1.99. The van der Waals surface area contributed by atoms with Crippen molar-refractivity contribution in [1.82, 2.24) is 5.48 Å². The standard InChI is InChI=1S/C16H25NO6/c18-7-9-21-11-13-22-12-10-20-8-6-17-23-16(19)14-15-4-2-1-3-5-15/h1-5,17-18H,6-14H2. The van der Waals surface area contributed by atoms with Crippen molar-refractivity contribution in [2.75, 3.05) is 52.8 Å². The molecule has 0 saturated carbocycles. The van der Waals surface area contributed by atoms with Gasteiger partial charge in [-0.25, -0.2) is 0 Å². The minimum Gasteiger partial charge on any atom is -0.394 e. The lowest BCUT2D eigenvalue weighted by Gasteiger charge is -2.07. The van der Waals surface area contributed by atoms with E-state index in [0.29, 0.717) is 46.2 Å². The van der Waals surface area contributed by atoms with Crippen LogP contribution >= 0.6 is 0 Å². The zero-order valence-corrected chi connectivity index (χ0v) is 13.2. The van der Waals surface area contributed by atoms with Gasteiger partial charge in [-0.3, -0.25) is 4.79 Å². The maximum Gasteiger partial charge on any atom is 0.329 e. The summed E-state index contributed by atoms with van der Waals surface area (Å²) in [5.41, 5.74) is 3.48. The van der Waals surface area contributed by atoms with Crippen molar-refractivity contribution in [3.05, 3.63) is 35.9 Å². The maximum atomic E-state index is 11.5. The average molecular weight is 327 g/mol. The van der Waals surface area contributed by atoms with Gasteiger partial charge < -0.3 is 24.2 Å². The lowest BCUT2D eigenvalue weighted by atomic mass is 10.2. The number of hydroxylamine groups is 1. The molecule has 1 aromatic carbocycles. The van der Waals surface area contributed by atoms with E-state index in [9.17, 15) is 4.79 Å². The van der Waals surface area contributed by atoms with Crippen molar-refractivity contribution < 1.29 is 28.9 Å². The number of rotatable bonds is 14. The summed E-state index contributed by atoms with van der Waals surface area (Å²) >= 11 is 0. The van der Waals surface area contributed by atoms with Crippen molar-refractivity contribution in [2.24, 2.45) is 0 Å². The highest BCUT2D eigenvalue weighted by molar-refractivity contribution is 5.72. The summed E-state index contributed by atoms with van der Waals surface area (Å²) in [5.74, 6) is -0.331. The van der Waals surface area contributed by atoms with Gasteiger partial charge in [-0.05, 0) is 5.56 Å². The van der Waals surface area contributed by atoms with Gasteiger partial charge in [-0.2, -0.15) is 5.48 Å². The number of aliphatic hydroxyl groups is 1. The van der Waals surface area contributed by atoms with Gasteiger partial charge in [0.15, 0.2) is 0 Å². The minimum absolute atomic E-state index is 0.0199. The Hall–Kier alpha value is -1.51. The maximum absolute atomic E-state index is 11.5. The Morgan fingerprint density at radius 1 is 0.913 bits per heavy atom. The van der Waals surface area contributed by atoms with E-state index in [1.54, 1.807) is 0 Å². The summed E-state index contributed by atoms with van der Waals surface area (Å²) < 4.78 is 15.6. The van der Waals surface area contributed by atoms with Crippen LogP contribution in [0.1, 0.15) is 5.56 Å². The van der Waals surface area contributed by atoms with Crippen LogP contribution in [0.15, 0.2) is 30.3 Å². The third kappa shape index (κ3) is 11.7. The van der Waals surface area contributed by atoms with E-state index in [1.165, 1.54) is 0 Å². The van der Waals surface area contributed by atoms with Gasteiger partial charge >= 0.3 is 5.97 Å². The molecule has 0 heterocycles. The van der Waals surface area contributed by atoms with Crippen molar-refractivity contribution in [2.45, 2.75) is 6.42 Å². The number of aliphatic hydroxyl groups excluding tert-OH is 1. The second kappa shape index (κ2) is 14.1. The molecule has 2 N–H and O–H groups in total. The Balaban J connectivity index is 1.83. The number of hydrogen-bond donors (Lipinski definition) is 2. The topological polar surface area (TPSA) is 86.3 Å². The molecule has 0 spiro atoms. The molecule has 7 nitrogen and oxygen atoms in total. The van der Waals surface area contributed by atoms with E-state index in [-0.39, 0.29) is 19.0 Å². The molecule has 0 aromatic heterocycles. The molecule has 0 unspecified atom stereocenters. The van der Waals surface area contributed by atoms with E-state index in [2.05, 4.69) is 5.48 Å². The van der Waals surface area contributed by atoms with Crippen LogP contribution in [0.2, 0.25) is 0 Å². The highest BCUT2D eigenvalue weighted by Gasteiger charge is 2.03. The summed E-state index contributed by atoms with van der Waals surface area (Å²) in [4.78, 5) is 16.4. The SMILES string of the molecule is O=C(Cc1ccccc1)ONCCOCCOCCOCCO. The number of hydrogen-bond acceptors (Lipinski definition) is 7. The summed E-state index contributed by atoms with van der Waals surface area (Å²) in [6.45, 7) is 3.04. The van der Waals surface area contributed by atoms with E-state index >= 15 is 0 Å². The van der Waals surface area contributed by atoms with E-state index in [0.717, 1.165) is 5.56 Å². The van der Waals surface area contributed by atoms with Crippen molar-refractivity contribution in [1.29, 1.82) is 0 Å². The van der Waals surface area contributed by atoms with Crippen molar-refractivity contribution in [3.63, 3.8) is 0 Å². The predicted molar refractivity (Wildman–Crippen MR) is 83.8 cm³/mol. The van der Waals surface area contributed by atoms with E-state index in [4.69, 9.17) is 24.2 Å². The Kier molecular flexibility index (Phi) is 12.0. The molecule has 0 aliphatic rings. The molecule has 0 fully saturated rings.